The van der Waals surface area contributed by atoms with Gasteiger partial charge in [0.1, 0.15) is 16.9 Å². The lowest BCUT2D eigenvalue weighted by atomic mass is 9.79. The zero-order chi connectivity index (χ0) is 38.4. The zero-order valence-corrected chi connectivity index (χ0v) is 31.8. The number of fused-ring (bicyclic) bond motifs is 1. The van der Waals surface area contributed by atoms with E-state index in [1.165, 1.54) is 10.9 Å². The average Bonchev–Trinajstić information content (AvgIpc) is 3.75. The Bertz CT molecular complexity index is 2430. The van der Waals surface area contributed by atoms with Crippen molar-refractivity contribution in [3.63, 3.8) is 0 Å². The Kier molecular flexibility index (Phi) is 9.68. The third-order valence-electron chi connectivity index (χ3n) is 11.2. The second-order valence-corrected chi connectivity index (χ2v) is 15.9. The molecule has 2 amide bonds. The largest absolute Gasteiger partial charge is 0.388 e. The number of halogens is 1. The molecule has 1 N–H and O–H groups in total. The smallest absolute Gasteiger partial charge is 0.267 e. The number of amides is 2. The first-order valence-corrected chi connectivity index (χ1v) is 19.4. The van der Waals surface area contributed by atoms with Crippen molar-refractivity contribution in [2.75, 3.05) is 26.2 Å². The molecule has 2 saturated heterocycles. The number of nitrogens with zero attached hydrogens (tertiary/aromatic N) is 7. The molecule has 1 aromatic carbocycles. The number of thiophene rings is 1. The molecule has 2 aliphatic rings. The van der Waals surface area contributed by atoms with Crippen LogP contribution in [0.25, 0.3) is 32.6 Å². The summed E-state index contributed by atoms with van der Waals surface area (Å²) in [6.07, 6.45) is 7.60. The van der Waals surface area contributed by atoms with Gasteiger partial charge in [-0.2, -0.15) is 0 Å². The lowest BCUT2D eigenvalue weighted by Crippen LogP contribution is -2.53. The maximum absolute atomic E-state index is 16.6. The Balaban J connectivity index is 1.02. The number of aromatic nitrogens is 5. The number of rotatable bonds is 7. The van der Waals surface area contributed by atoms with Crippen LogP contribution in [-0.2, 0) is 18.4 Å². The number of aryl methyl sites for hydroxylation is 3. The summed E-state index contributed by atoms with van der Waals surface area (Å²) in [5, 5.41) is 12.1. The van der Waals surface area contributed by atoms with Gasteiger partial charge in [-0.15, -0.1) is 11.3 Å². The van der Waals surface area contributed by atoms with Crippen molar-refractivity contribution in [1.29, 1.82) is 0 Å². The molecule has 7 heterocycles. The molecular weight excluding hydrogens is 718 g/mol. The van der Waals surface area contributed by atoms with E-state index in [-0.39, 0.29) is 41.9 Å². The van der Waals surface area contributed by atoms with E-state index in [0.29, 0.717) is 65.0 Å². The van der Waals surface area contributed by atoms with Gasteiger partial charge in [0.2, 0.25) is 5.91 Å². The SMILES string of the molecule is Cc1ccc(-c2sc(C(=O)N3CC[C@@H](C(=O)N4CCC(O)(Cn5cnc6c(ccn6C)c5=O)CC4)[C@H](c4ccccc4)C3)c(F)c2-c2ccc(C)nc2)cn1. The summed E-state index contributed by atoms with van der Waals surface area (Å²) in [4.78, 5) is 59.2. The molecule has 11 nitrogen and oxygen atoms in total. The number of piperidine rings is 2. The Morgan fingerprint density at radius 3 is 2.27 bits per heavy atom. The topological polar surface area (TPSA) is 126 Å². The molecule has 2 atom stereocenters. The molecule has 0 saturated carbocycles. The van der Waals surface area contributed by atoms with Crippen molar-refractivity contribution >= 4 is 34.2 Å². The van der Waals surface area contributed by atoms with Crippen LogP contribution in [0.15, 0.2) is 90.4 Å². The average molecular weight is 760 g/mol. The summed E-state index contributed by atoms with van der Waals surface area (Å²) in [5.74, 6) is -1.77. The maximum Gasteiger partial charge on any atom is 0.267 e. The van der Waals surface area contributed by atoms with E-state index in [0.717, 1.165) is 28.3 Å². The van der Waals surface area contributed by atoms with Gasteiger partial charge in [-0.05, 0) is 56.9 Å². The molecule has 0 radical (unpaired) electrons. The third-order valence-corrected chi connectivity index (χ3v) is 12.4. The van der Waals surface area contributed by atoms with Gasteiger partial charge in [-0.1, -0.05) is 42.5 Å². The second-order valence-electron chi connectivity index (χ2n) is 14.9. The number of benzene rings is 1. The Morgan fingerprint density at radius 2 is 1.60 bits per heavy atom. The fourth-order valence-corrected chi connectivity index (χ4v) is 9.15. The first-order valence-electron chi connectivity index (χ1n) is 18.5. The van der Waals surface area contributed by atoms with Crippen molar-refractivity contribution in [3.05, 3.63) is 124 Å². The molecule has 2 fully saturated rings. The number of hydrogen-bond acceptors (Lipinski definition) is 8. The molecular formula is C42H42FN7O4S. The summed E-state index contributed by atoms with van der Waals surface area (Å²) in [5.41, 5.74) is 3.38. The van der Waals surface area contributed by atoms with E-state index in [1.807, 2.05) is 75.5 Å². The summed E-state index contributed by atoms with van der Waals surface area (Å²) >= 11 is 1.12. The number of hydrogen-bond donors (Lipinski definition) is 1. The number of carbonyl (C=O) groups is 2. The number of aliphatic hydroxyl groups is 1. The van der Waals surface area contributed by atoms with Crippen LogP contribution in [0.2, 0.25) is 0 Å². The molecule has 55 heavy (non-hydrogen) atoms. The van der Waals surface area contributed by atoms with Crippen LogP contribution < -0.4 is 5.56 Å². The fraction of sp³-hybridized carbons (Fsp3) is 0.333. The van der Waals surface area contributed by atoms with E-state index in [1.54, 1.807) is 39.0 Å². The minimum Gasteiger partial charge on any atom is -0.388 e. The van der Waals surface area contributed by atoms with Gasteiger partial charge in [-0.25, -0.2) is 9.37 Å². The number of pyridine rings is 2. The van der Waals surface area contributed by atoms with Gasteiger partial charge < -0.3 is 19.5 Å². The van der Waals surface area contributed by atoms with Crippen LogP contribution in [0.5, 0.6) is 0 Å². The summed E-state index contributed by atoms with van der Waals surface area (Å²) in [6.45, 7) is 5.03. The summed E-state index contributed by atoms with van der Waals surface area (Å²) in [6, 6.07) is 18.8. The molecule has 5 aromatic heterocycles. The molecule has 0 spiro atoms. The van der Waals surface area contributed by atoms with Gasteiger partial charge in [-0.3, -0.25) is 28.9 Å². The van der Waals surface area contributed by atoms with Crippen LogP contribution in [0.4, 0.5) is 4.39 Å². The van der Waals surface area contributed by atoms with Gasteiger partial charge in [0.25, 0.3) is 11.5 Å². The van der Waals surface area contributed by atoms with Crippen LogP contribution in [0.1, 0.15) is 51.8 Å². The van der Waals surface area contributed by atoms with Crippen LogP contribution in [-0.4, -0.2) is 82.6 Å². The highest BCUT2D eigenvalue weighted by Gasteiger charge is 2.42. The fourth-order valence-electron chi connectivity index (χ4n) is 7.99. The van der Waals surface area contributed by atoms with E-state index in [2.05, 4.69) is 15.0 Å². The Labute approximate surface area is 321 Å². The van der Waals surface area contributed by atoms with Crippen LogP contribution >= 0.6 is 11.3 Å². The van der Waals surface area contributed by atoms with Crippen molar-refractivity contribution in [2.24, 2.45) is 13.0 Å². The first kappa shape index (κ1) is 36.4. The second kappa shape index (κ2) is 14.6. The Morgan fingerprint density at radius 1 is 0.909 bits per heavy atom. The van der Waals surface area contributed by atoms with Crippen molar-refractivity contribution in [1.82, 2.24) is 33.9 Å². The molecule has 2 aliphatic heterocycles. The molecule has 8 rings (SSSR count). The quantitative estimate of drug-likeness (QED) is 0.213. The predicted molar refractivity (Wildman–Crippen MR) is 209 cm³/mol. The standard InChI is InChI=1S/C42H42FN7O4S/c1-26-9-11-29(21-44-26)34-35(43)37(55-36(34)30-12-10-27(2)45-22-30)41(53)49-18-14-31(33(23-49)28-7-5-4-6-8-28)39(51)48-19-15-42(54,16-20-48)24-50-25-46-38-32(40(50)52)13-17-47(38)3/h4-13,17,21-22,25,31,33,54H,14-16,18-20,23-24H2,1-3H3/t31-,33+/m1/s1. The summed E-state index contributed by atoms with van der Waals surface area (Å²) in [7, 11) is 1.83. The lowest BCUT2D eigenvalue weighted by Gasteiger charge is -2.43. The highest BCUT2D eigenvalue weighted by molar-refractivity contribution is 7.18. The molecule has 0 aliphatic carbocycles. The summed E-state index contributed by atoms with van der Waals surface area (Å²) < 4.78 is 19.9. The van der Waals surface area contributed by atoms with E-state index in [9.17, 15) is 19.5 Å². The van der Waals surface area contributed by atoms with Gasteiger partial charge in [0.15, 0.2) is 5.82 Å². The lowest BCUT2D eigenvalue weighted by molar-refractivity contribution is -0.142. The first-order chi connectivity index (χ1) is 26.5. The van der Waals surface area contributed by atoms with E-state index in [4.69, 9.17) is 0 Å². The minimum atomic E-state index is -1.18. The van der Waals surface area contributed by atoms with Crippen LogP contribution in [0, 0.1) is 25.6 Å². The number of carbonyl (C=O) groups excluding carboxylic acids is 2. The minimum absolute atomic E-state index is 0.0128. The monoisotopic (exact) mass is 759 g/mol. The molecule has 282 valence electrons. The van der Waals surface area contributed by atoms with E-state index < -0.39 is 23.2 Å². The Hall–Kier alpha value is -5.53. The highest BCUT2D eigenvalue weighted by Crippen LogP contribution is 2.44. The predicted octanol–water partition coefficient (Wildman–Crippen LogP) is 5.98. The number of likely N-dealkylation sites (tertiary alicyclic amines) is 2. The van der Waals surface area contributed by atoms with E-state index >= 15 is 4.39 Å². The third kappa shape index (κ3) is 6.98. The van der Waals surface area contributed by atoms with Gasteiger partial charge in [0, 0.05) is 96.6 Å². The van der Waals surface area contributed by atoms with Gasteiger partial charge >= 0.3 is 0 Å². The van der Waals surface area contributed by atoms with Crippen LogP contribution in [0.3, 0.4) is 0 Å². The maximum atomic E-state index is 16.6. The zero-order valence-electron chi connectivity index (χ0n) is 31.0. The van der Waals surface area contributed by atoms with Crippen molar-refractivity contribution in [3.8, 4) is 21.6 Å². The van der Waals surface area contributed by atoms with Crippen molar-refractivity contribution in [2.45, 2.75) is 51.2 Å². The van der Waals surface area contributed by atoms with Crippen molar-refractivity contribution < 1.29 is 19.1 Å². The van der Waals surface area contributed by atoms with Gasteiger partial charge in [0.05, 0.1) is 17.5 Å². The molecule has 0 bridgehead atoms. The normalized spacial score (nSPS) is 18.5. The highest BCUT2D eigenvalue weighted by atomic mass is 32.1. The molecule has 13 heteroatoms. The molecule has 0 unspecified atom stereocenters. The molecule has 6 aromatic rings.